The molecule has 2 aromatic rings. The van der Waals surface area contributed by atoms with E-state index in [2.05, 4.69) is 31.1 Å². The predicted molar refractivity (Wildman–Crippen MR) is 102 cm³/mol. The van der Waals surface area contributed by atoms with Crippen molar-refractivity contribution in [2.75, 3.05) is 13.2 Å². The van der Waals surface area contributed by atoms with Gasteiger partial charge < -0.3 is 10.1 Å². The summed E-state index contributed by atoms with van der Waals surface area (Å²) in [5, 5.41) is 2.58. The molecule has 5 nitrogen and oxygen atoms in total. The van der Waals surface area contributed by atoms with Gasteiger partial charge in [0.15, 0.2) is 6.61 Å². The Kier molecular flexibility index (Phi) is 6.14. The number of nitrogens with zero attached hydrogens (tertiary/aromatic N) is 1. The van der Waals surface area contributed by atoms with Gasteiger partial charge in [-0.1, -0.05) is 39.0 Å². The minimum atomic E-state index is -0.344. The van der Waals surface area contributed by atoms with Crippen LogP contribution in [0.2, 0.25) is 0 Å². The molecule has 0 saturated heterocycles. The van der Waals surface area contributed by atoms with E-state index >= 15 is 0 Å². The highest BCUT2D eigenvalue weighted by Crippen LogP contribution is 2.24. The average Bonchev–Trinajstić information content (AvgIpc) is 2.59. The molecule has 0 spiro atoms. The van der Waals surface area contributed by atoms with Gasteiger partial charge in [-0.3, -0.25) is 9.59 Å². The third-order valence-electron chi connectivity index (χ3n) is 4.04. The Hall–Kier alpha value is -2.69. The number of pyridine rings is 1. The molecule has 0 aliphatic heterocycles. The van der Waals surface area contributed by atoms with E-state index in [1.807, 2.05) is 50.2 Å². The quantitative estimate of drug-likeness (QED) is 0.808. The van der Waals surface area contributed by atoms with Gasteiger partial charge in [0.05, 0.1) is 6.54 Å². The highest BCUT2D eigenvalue weighted by atomic mass is 16.5. The zero-order valence-corrected chi connectivity index (χ0v) is 16.1. The molecular weight excluding hydrogens is 328 g/mol. The van der Waals surface area contributed by atoms with Crippen LogP contribution >= 0.6 is 0 Å². The van der Waals surface area contributed by atoms with Crippen molar-refractivity contribution >= 4 is 11.7 Å². The van der Waals surface area contributed by atoms with Crippen molar-refractivity contribution in [3.05, 3.63) is 58.9 Å². The maximum Gasteiger partial charge on any atom is 0.258 e. The summed E-state index contributed by atoms with van der Waals surface area (Å²) in [7, 11) is 0. The Morgan fingerprint density at radius 3 is 2.31 bits per heavy atom. The Labute approximate surface area is 154 Å². The molecule has 1 aromatic carbocycles. The van der Waals surface area contributed by atoms with Crippen LogP contribution in [0.25, 0.3) is 0 Å². The molecule has 1 heterocycles. The first-order valence-corrected chi connectivity index (χ1v) is 8.64. The summed E-state index contributed by atoms with van der Waals surface area (Å²) in [5.74, 6) is 0.0632. The third kappa shape index (κ3) is 5.41. The lowest BCUT2D eigenvalue weighted by Crippen LogP contribution is -2.34. The van der Waals surface area contributed by atoms with Crippen LogP contribution in [0.15, 0.2) is 36.4 Å². The van der Waals surface area contributed by atoms with Crippen LogP contribution in [0, 0.1) is 13.8 Å². The van der Waals surface area contributed by atoms with Gasteiger partial charge >= 0.3 is 0 Å². The fourth-order valence-electron chi connectivity index (χ4n) is 2.42. The van der Waals surface area contributed by atoms with E-state index in [9.17, 15) is 9.59 Å². The maximum absolute atomic E-state index is 12.2. The molecule has 1 N–H and O–H groups in total. The number of carbonyl (C=O) groups excluding carboxylic acids is 2. The molecule has 1 aromatic heterocycles. The van der Waals surface area contributed by atoms with Crippen LogP contribution in [0.4, 0.5) is 0 Å². The molecular formula is C21H26N2O3. The molecule has 0 atom stereocenters. The van der Waals surface area contributed by atoms with E-state index in [0.29, 0.717) is 11.4 Å². The second kappa shape index (κ2) is 8.13. The van der Waals surface area contributed by atoms with Gasteiger partial charge in [0.1, 0.15) is 11.4 Å². The van der Waals surface area contributed by atoms with Gasteiger partial charge in [-0.05, 0) is 48.6 Å². The predicted octanol–water partition coefficient (Wildman–Crippen LogP) is 3.37. The van der Waals surface area contributed by atoms with Gasteiger partial charge in [-0.15, -0.1) is 0 Å². The highest BCUT2D eigenvalue weighted by Gasteiger charge is 2.14. The number of ketones is 1. The van der Waals surface area contributed by atoms with Crippen molar-refractivity contribution in [2.45, 2.75) is 40.0 Å². The number of hydrogen-bond acceptors (Lipinski definition) is 4. The first-order chi connectivity index (χ1) is 12.2. The Balaban J connectivity index is 1.83. The lowest BCUT2D eigenvalue weighted by molar-refractivity contribution is -0.122. The van der Waals surface area contributed by atoms with E-state index in [1.54, 1.807) is 0 Å². The topological polar surface area (TPSA) is 68.3 Å². The molecule has 0 fully saturated rings. The molecule has 5 heteroatoms. The number of ether oxygens (including phenoxy) is 1. The molecule has 0 bridgehead atoms. The second-order valence-electron chi connectivity index (χ2n) is 7.38. The van der Waals surface area contributed by atoms with E-state index in [-0.39, 0.29) is 30.3 Å². The molecule has 0 unspecified atom stereocenters. The lowest BCUT2D eigenvalue weighted by atomic mass is 9.87. The average molecular weight is 354 g/mol. The SMILES string of the molecule is Cc1ccc(C)c(C(=O)CNC(=O)COc2ccc(C(C)(C)C)cc2)n1. The van der Waals surface area contributed by atoms with Crippen molar-refractivity contribution in [1.29, 1.82) is 0 Å². The molecule has 138 valence electrons. The number of amides is 1. The molecule has 0 aliphatic rings. The standard InChI is InChI=1S/C21H26N2O3/c1-14-6-7-15(2)23-20(14)18(24)12-22-19(25)13-26-17-10-8-16(9-11-17)21(3,4)5/h6-11H,12-13H2,1-5H3,(H,22,25). The zero-order chi connectivity index (χ0) is 19.3. The van der Waals surface area contributed by atoms with Gasteiger partial charge in [0, 0.05) is 5.69 Å². The van der Waals surface area contributed by atoms with Crippen LogP contribution in [-0.4, -0.2) is 29.8 Å². The maximum atomic E-state index is 12.2. The third-order valence-corrected chi connectivity index (χ3v) is 4.04. The number of rotatable bonds is 6. The number of nitrogens with one attached hydrogen (secondary N) is 1. The second-order valence-corrected chi connectivity index (χ2v) is 7.38. The molecule has 0 aliphatic carbocycles. The van der Waals surface area contributed by atoms with Crippen LogP contribution in [0.5, 0.6) is 5.75 Å². The van der Waals surface area contributed by atoms with Crippen molar-refractivity contribution in [1.82, 2.24) is 10.3 Å². The lowest BCUT2D eigenvalue weighted by Gasteiger charge is -2.19. The van der Waals surface area contributed by atoms with Crippen LogP contribution in [0.3, 0.4) is 0 Å². The molecule has 1 amide bonds. The zero-order valence-electron chi connectivity index (χ0n) is 16.1. The van der Waals surface area contributed by atoms with Crippen molar-refractivity contribution in [3.63, 3.8) is 0 Å². The fraction of sp³-hybridized carbons (Fsp3) is 0.381. The summed E-state index contributed by atoms with van der Waals surface area (Å²) >= 11 is 0. The van der Waals surface area contributed by atoms with Gasteiger partial charge in [-0.2, -0.15) is 0 Å². The largest absolute Gasteiger partial charge is 0.484 e. The van der Waals surface area contributed by atoms with Crippen LogP contribution < -0.4 is 10.1 Å². The summed E-state index contributed by atoms with van der Waals surface area (Å²) < 4.78 is 5.48. The van der Waals surface area contributed by atoms with Crippen molar-refractivity contribution in [3.8, 4) is 5.75 Å². The van der Waals surface area contributed by atoms with Gasteiger partial charge in [-0.25, -0.2) is 4.98 Å². The number of benzene rings is 1. The van der Waals surface area contributed by atoms with Crippen molar-refractivity contribution < 1.29 is 14.3 Å². The molecule has 0 radical (unpaired) electrons. The molecule has 26 heavy (non-hydrogen) atoms. The summed E-state index contributed by atoms with van der Waals surface area (Å²) in [6.07, 6.45) is 0. The van der Waals surface area contributed by atoms with Crippen LogP contribution in [-0.2, 0) is 10.2 Å². The minimum absolute atomic E-state index is 0.0677. The Morgan fingerprint density at radius 1 is 1.04 bits per heavy atom. The summed E-state index contributed by atoms with van der Waals surface area (Å²) in [5.41, 5.74) is 3.22. The van der Waals surface area contributed by atoms with Crippen LogP contribution in [0.1, 0.15) is 48.1 Å². The summed E-state index contributed by atoms with van der Waals surface area (Å²) in [4.78, 5) is 28.4. The van der Waals surface area contributed by atoms with Gasteiger partial charge in [0.25, 0.3) is 5.91 Å². The van der Waals surface area contributed by atoms with E-state index < -0.39 is 0 Å². The smallest absolute Gasteiger partial charge is 0.258 e. The first kappa shape index (κ1) is 19.6. The Morgan fingerprint density at radius 2 is 1.69 bits per heavy atom. The van der Waals surface area contributed by atoms with E-state index in [4.69, 9.17) is 4.74 Å². The number of aromatic nitrogens is 1. The highest BCUT2D eigenvalue weighted by molar-refractivity contribution is 5.99. The molecule has 0 saturated carbocycles. The summed E-state index contributed by atoms with van der Waals surface area (Å²) in [6, 6.07) is 11.4. The van der Waals surface area contributed by atoms with E-state index in [1.165, 1.54) is 5.56 Å². The number of carbonyl (C=O) groups is 2. The fourth-order valence-corrected chi connectivity index (χ4v) is 2.42. The normalized spacial score (nSPS) is 11.1. The Bertz CT molecular complexity index is 790. The molecule has 2 rings (SSSR count). The summed E-state index contributed by atoms with van der Waals surface area (Å²) in [6.45, 7) is 9.83. The first-order valence-electron chi connectivity index (χ1n) is 8.64. The number of Topliss-reactive ketones (excluding diaryl/α,β-unsaturated/α-hetero) is 1. The minimum Gasteiger partial charge on any atom is -0.484 e. The van der Waals surface area contributed by atoms with Crippen molar-refractivity contribution in [2.24, 2.45) is 0 Å². The number of hydrogen-bond donors (Lipinski definition) is 1. The monoisotopic (exact) mass is 354 g/mol. The van der Waals surface area contributed by atoms with E-state index in [0.717, 1.165) is 11.3 Å². The van der Waals surface area contributed by atoms with Gasteiger partial charge in [0.2, 0.25) is 5.78 Å². The number of aryl methyl sites for hydroxylation is 2.